The lowest BCUT2D eigenvalue weighted by molar-refractivity contribution is 0.146. The summed E-state index contributed by atoms with van der Waals surface area (Å²) in [6.07, 6.45) is 0. The second-order valence-corrected chi connectivity index (χ2v) is 4.78. The Morgan fingerprint density at radius 3 is 2.65 bits per heavy atom. The van der Waals surface area contributed by atoms with Gasteiger partial charge in [0.05, 0.1) is 0 Å². The fraction of sp³-hybridized carbons (Fsp3) is 0.571. The van der Waals surface area contributed by atoms with Crippen LogP contribution in [0.25, 0.3) is 0 Å². The molecule has 2 nitrogen and oxygen atoms in total. The molecular formula is C14H22ClNO. The van der Waals surface area contributed by atoms with E-state index in [1.807, 2.05) is 18.2 Å². The largest absolute Gasteiger partial charge is 0.384 e. The molecule has 1 rings (SSSR count). The molecule has 0 radical (unpaired) electrons. The maximum atomic E-state index is 6.27. The van der Waals surface area contributed by atoms with Gasteiger partial charge in [0.15, 0.2) is 0 Å². The molecule has 0 saturated heterocycles. The SMILES string of the molecule is CCNCC(c1ccccc1Cl)C(C)COC. The Morgan fingerprint density at radius 2 is 2.06 bits per heavy atom. The number of halogens is 1. The van der Waals surface area contributed by atoms with E-state index in [2.05, 4.69) is 25.2 Å². The number of hydrogen-bond acceptors (Lipinski definition) is 2. The zero-order chi connectivity index (χ0) is 12.7. The maximum absolute atomic E-state index is 6.27. The predicted molar refractivity (Wildman–Crippen MR) is 73.8 cm³/mol. The van der Waals surface area contributed by atoms with Crippen molar-refractivity contribution in [1.82, 2.24) is 5.32 Å². The lowest BCUT2D eigenvalue weighted by atomic mass is 9.87. The van der Waals surface area contributed by atoms with Crippen molar-refractivity contribution in [1.29, 1.82) is 0 Å². The van der Waals surface area contributed by atoms with E-state index >= 15 is 0 Å². The molecule has 2 unspecified atom stereocenters. The van der Waals surface area contributed by atoms with Gasteiger partial charge in [0.1, 0.15) is 0 Å². The summed E-state index contributed by atoms with van der Waals surface area (Å²) < 4.78 is 5.26. The smallest absolute Gasteiger partial charge is 0.0494 e. The van der Waals surface area contributed by atoms with Crippen LogP contribution >= 0.6 is 11.6 Å². The molecule has 3 heteroatoms. The summed E-state index contributed by atoms with van der Waals surface area (Å²) in [5.41, 5.74) is 1.21. The number of methoxy groups -OCH3 is 1. The average molecular weight is 256 g/mol. The Bertz CT molecular complexity index is 330. The molecule has 1 aromatic carbocycles. The molecule has 0 spiro atoms. The minimum Gasteiger partial charge on any atom is -0.384 e. The van der Waals surface area contributed by atoms with Gasteiger partial charge in [0, 0.05) is 31.2 Å². The Hall–Kier alpha value is -0.570. The molecular weight excluding hydrogens is 234 g/mol. The first-order valence-electron chi connectivity index (χ1n) is 6.14. The second-order valence-electron chi connectivity index (χ2n) is 4.37. The highest BCUT2D eigenvalue weighted by Gasteiger charge is 2.20. The normalized spacial score (nSPS) is 14.6. The minimum absolute atomic E-state index is 0.392. The van der Waals surface area contributed by atoms with Crippen molar-refractivity contribution in [3.8, 4) is 0 Å². The van der Waals surface area contributed by atoms with E-state index in [1.54, 1.807) is 7.11 Å². The molecule has 0 heterocycles. The van der Waals surface area contributed by atoms with Crippen molar-refractivity contribution >= 4 is 11.6 Å². The summed E-state index contributed by atoms with van der Waals surface area (Å²) in [4.78, 5) is 0. The molecule has 0 bridgehead atoms. The second kappa shape index (κ2) is 7.70. The van der Waals surface area contributed by atoms with E-state index in [4.69, 9.17) is 16.3 Å². The molecule has 0 aromatic heterocycles. The van der Waals surface area contributed by atoms with E-state index in [0.29, 0.717) is 11.8 Å². The first kappa shape index (κ1) is 14.5. The third kappa shape index (κ3) is 4.30. The monoisotopic (exact) mass is 255 g/mol. The zero-order valence-electron chi connectivity index (χ0n) is 10.9. The third-order valence-electron chi connectivity index (χ3n) is 3.04. The Balaban J connectivity index is 2.85. The van der Waals surface area contributed by atoms with Gasteiger partial charge in [-0.05, 0) is 24.1 Å². The fourth-order valence-corrected chi connectivity index (χ4v) is 2.35. The molecule has 17 heavy (non-hydrogen) atoms. The molecule has 0 saturated carbocycles. The standard InChI is InChI=1S/C14H22ClNO/c1-4-16-9-13(11(2)10-17-3)12-7-5-6-8-14(12)15/h5-8,11,13,16H,4,9-10H2,1-3H3. The van der Waals surface area contributed by atoms with Gasteiger partial charge in [0.2, 0.25) is 0 Å². The summed E-state index contributed by atoms with van der Waals surface area (Å²) >= 11 is 6.27. The van der Waals surface area contributed by atoms with Gasteiger partial charge in [-0.25, -0.2) is 0 Å². The molecule has 0 aliphatic rings. The van der Waals surface area contributed by atoms with Crippen LogP contribution in [0, 0.1) is 5.92 Å². The van der Waals surface area contributed by atoms with Crippen LogP contribution < -0.4 is 5.32 Å². The molecule has 0 fully saturated rings. The first-order chi connectivity index (χ1) is 8.20. The Labute approximate surface area is 109 Å². The molecule has 96 valence electrons. The van der Waals surface area contributed by atoms with Gasteiger partial charge >= 0.3 is 0 Å². The molecule has 1 aromatic rings. The van der Waals surface area contributed by atoms with Crippen LogP contribution in [0.15, 0.2) is 24.3 Å². The summed E-state index contributed by atoms with van der Waals surface area (Å²) in [5.74, 6) is 0.836. The Kier molecular flexibility index (Phi) is 6.56. The summed E-state index contributed by atoms with van der Waals surface area (Å²) in [5, 5.41) is 4.24. The van der Waals surface area contributed by atoms with Crippen LogP contribution in [0.5, 0.6) is 0 Å². The van der Waals surface area contributed by atoms with Crippen LogP contribution in [-0.2, 0) is 4.74 Å². The van der Waals surface area contributed by atoms with E-state index in [1.165, 1.54) is 5.56 Å². The maximum Gasteiger partial charge on any atom is 0.0494 e. The highest BCUT2D eigenvalue weighted by molar-refractivity contribution is 6.31. The van der Waals surface area contributed by atoms with Crippen LogP contribution in [0.4, 0.5) is 0 Å². The predicted octanol–water partition coefficient (Wildman–Crippen LogP) is 3.32. The van der Waals surface area contributed by atoms with Crippen molar-refractivity contribution in [3.05, 3.63) is 34.9 Å². The molecule has 0 amide bonds. The lowest BCUT2D eigenvalue weighted by Gasteiger charge is -2.25. The van der Waals surface area contributed by atoms with Crippen molar-refractivity contribution in [3.63, 3.8) is 0 Å². The summed E-state index contributed by atoms with van der Waals surface area (Å²) in [7, 11) is 1.74. The number of nitrogens with one attached hydrogen (secondary N) is 1. The molecule has 2 atom stereocenters. The van der Waals surface area contributed by atoms with Crippen molar-refractivity contribution in [2.45, 2.75) is 19.8 Å². The quantitative estimate of drug-likeness (QED) is 0.807. The van der Waals surface area contributed by atoms with Crippen LogP contribution in [0.2, 0.25) is 5.02 Å². The molecule has 1 N–H and O–H groups in total. The highest BCUT2D eigenvalue weighted by atomic mass is 35.5. The van der Waals surface area contributed by atoms with E-state index in [9.17, 15) is 0 Å². The van der Waals surface area contributed by atoms with Crippen LogP contribution in [0.3, 0.4) is 0 Å². The number of likely N-dealkylation sites (N-methyl/N-ethyl adjacent to an activating group) is 1. The number of ether oxygens (including phenoxy) is 1. The minimum atomic E-state index is 0.392. The zero-order valence-corrected chi connectivity index (χ0v) is 11.6. The van der Waals surface area contributed by atoms with E-state index < -0.39 is 0 Å². The number of benzene rings is 1. The van der Waals surface area contributed by atoms with Gasteiger partial charge in [0.25, 0.3) is 0 Å². The van der Waals surface area contributed by atoms with Gasteiger partial charge in [-0.3, -0.25) is 0 Å². The number of rotatable bonds is 7. The molecule has 0 aliphatic carbocycles. The summed E-state index contributed by atoms with van der Waals surface area (Å²) in [6.45, 7) is 6.98. The van der Waals surface area contributed by atoms with Crippen molar-refractivity contribution in [2.75, 3.05) is 26.8 Å². The molecule has 0 aliphatic heterocycles. The first-order valence-corrected chi connectivity index (χ1v) is 6.52. The average Bonchev–Trinajstić information content (AvgIpc) is 2.32. The fourth-order valence-electron chi connectivity index (χ4n) is 2.07. The van der Waals surface area contributed by atoms with Crippen molar-refractivity contribution < 1.29 is 4.74 Å². The van der Waals surface area contributed by atoms with Crippen LogP contribution in [-0.4, -0.2) is 26.8 Å². The van der Waals surface area contributed by atoms with E-state index in [0.717, 1.165) is 24.7 Å². The lowest BCUT2D eigenvalue weighted by Crippen LogP contribution is -2.27. The van der Waals surface area contributed by atoms with Gasteiger partial charge in [-0.2, -0.15) is 0 Å². The topological polar surface area (TPSA) is 21.3 Å². The van der Waals surface area contributed by atoms with E-state index in [-0.39, 0.29) is 0 Å². The van der Waals surface area contributed by atoms with Crippen LogP contribution in [0.1, 0.15) is 25.3 Å². The third-order valence-corrected chi connectivity index (χ3v) is 3.38. The van der Waals surface area contributed by atoms with Gasteiger partial charge < -0.3 is 10.1 Å². The summed E-state index contributed by atoms with van der Waals surface area (Å²) in [6, 6.07) is 8.07. The number of hydrogen-bond donors (Lipinski definition) is 1. The van der Waals surface area contributed by atoms with Gasteiger partial charge in [-0.15, -0.1) is 0 Å². The van der Waals surface area contributed by atoms with Crippen molar-refractivity contribution in [2.24, 2.45) is 5.92 Å². The highest BCUT2D eigenvalue weighted by Crippen LogP contribution is 2.30. The van der Waals surface area contributed by atoms with Gasteiger partial charge in [-0.1, -0.05) is 43.6 Å². The Morgan fingerprint density at radius 1 is 1.35 bits per heavy atom.